The highest BCUT2D eigenvalue weighted by Crippen LogP contribution is 2.54. The van der Waals surface area contributed by atoms with Gasteiger partial charge in [-0.05, 0) is 111 Å². The van der Waals surface area contributed by atoms with E-state index < -0.39 is 6.10 Å². The summed E-state index contributed by atoms with van der Waals surface area (Å²) in [6.45, 7) is 4.64. The third-order valence-electron chi connectivity index (χ3n) is 9.36. The summed E-state index contributed by atoms with van der Waals surface area (Å²) in [5.74, 6) is -0.107. The summed E-state index contributed by atoms with van der Waals surface area (Å²) in [4.78, 5) is 17.1. The van der Waals surface area contributed by atoms with Gasteiger partial charge in [-0.25, -0.2) is 0 Å². The van der Waals surface area contributed by atoms with Crippen molar-refractivity contribution in [3.8, 4) is 0 Å². The average molecular weight is 590 g/mol. The van der Waals surface area contributed by atoms with Gasteiger partial charge in [-0.1, -0.05) is 74.5 Å². The molecule has 0 aromatic heterocycles. The Hall–Kier alpha value is -4.64. The molecule has 1 aliphatic carbocycles. The maximum Gasteiger partial charge on any atom is 0.192 e. The van der Waals surface area contributed by atoms with Crippen LogP contribution in [0.2, 0.25) is 0 Å². The fraction of sp³-hybridized carbons (Fsp3) is 0.125. The van der Waals surface area contributed by atoms with E-state index in [1.54, 1.807) is 11.8 Å². The molecule has 6 aromatic rings. The van der Waals surface area contributed by atoms with Crippen molar-refractivity contribution in [2.24, 2.45) is 0 Å². The Labute approximate surface area is 261 Å². The van der Waals surface area contributed by atoms with Gasteiger partial charge in [0.05, 0.1) is 11.4 Å². The molecule has 0 spiro atoms. The minimum absolute atomic E-state index is 0.107. The lowest BCUT2D eigenvalue weighted by molar-refractivity contribution is 0.102. The molecule has 1 atom stereocenters. The van der Waals surface area contributed by atoms with Crippen molar-refractivity contribution in [1.29, 1.82) is 0 Å². The fourth-order valence-corrected chi connectivity index (χ4v) is 7.62. The summed E-state index contributed by atoms with van der Waals surface area (Å²) in [7, 11) is 0. The largest absolute Gasteiger partial charge is 0.383 e. The van der Waals surface area contributed by atoms with Crippen LogP contribution in [-0.4, -0.2) is 17.1 Å². The molecule has 1 N–H and O–H groups in total. The Kier molecular flexibility index (Phi) is 6.09. The van der Waals surface area contributed by atoms with E-state index in [1.165, 1.54) is 32.8 Å². The van der Waals surface area contributed by atoms with Crippen molar-refractivity contribution in [3.05, 3.63) is 149 Å². The Morgan fingerprint density at radius 3 is 2.27 bits per heavy atom. The lowest BCUT2D eigenvalue weighted by atomic mass is 9.71. The standard InChI is InChI=1S/C40H31NO2S/c1-40(2)34-23-29(44-3)15-18-35(34)41(28-11-5-4-6-12-28)36-17-14-27-19-24(13-16-30(27)37(36)40)20-33-38(42)31-21-25-9-7-8-10-26(25)22-32(31)39(33)43/h4-23,38,42H,1-3H3/b33-20-. The quantitative estimate of drug-likeness (QED) is 0.165. The fourth-order valence-electron chi connectivity index (χ4n) is 7.18. The van der Waals surface area contributed by atoms with E-state index in [4.69, 9.17) is 0 Å². The SMILES string of the molecule is CSc1ccc2c(c1)C(C)(C)c1c(ccc3cc(/C=C4\C(=O)c5cc6ccccc6cc5C4O)ccc13)N2c1ccccc1. The summed E-state index contributed by atoms with van der Waals surface area (Å²) in [6.07, 6.45) is 3.04. The van der Waals surface area contributed by atoms with Crippen molar-refractivity contribution in [2.75, 3.05) is 11.2 Å². The smallest absolute Gasteiger partial charge is 0.192 e. The topological polar surface area (TPSA) is 40.5 Å². The molecule has 1 unspecified atom stereocenters. The number of para-hydroxylation sites is 1. The molecular weight excluding hydrogens is 559 g/mol. The van der Waals surface area contributed by atoms with Gasteiger partial charge in [-0.3, -0.25) is 4.79 Å². The van der Waals surface area contributed by atoms with Gasteiger partial charge >= 0.3 is 0 Å². The van der Waals surface area contributed by atoms with E-state index in [0.29, 0.717) is 16.7 Å². The number of fused-ring (bicyclic) bond motifs is 6. The second-order valence-corrected chi connectivity index (χ2v) is 13.1. The monoisotopic (exact) mass is 589 g/mol. The molecule has 0 bridgehead atoms. The first kappa shape index (κ1) is 26.9. The molecule has 8 rings (SSSR count). The van der Waals surface area contributed by atoms with Crippen LogP contribution in [0.15, 0.2) is 126 Å². The number of aliphatic hydroxyl groups excluding tert-OH is 1. The first-order valence-corrected chi connectivity index (χ1v) is 16.2. The molecule has 0 fully saturated rings. The summed E-state index contributed by atoms with van der Waals surface area (Å²) in [5, 5.41) is 15.6. The first-order chi connectivity index (χ1) is 21.3. The van der Waals surface area contributed by atoms with E-state index in [1.807, 2.05) is 42.5 Å². The van der Waals surface area contributed by atoms with E-state index >= 15 is 0 Å². The Morgan fingerprint density at radius 1 is 0.773 bits per heavy atom. The number of anilines is 3. The normalized spacial score (nSPS) is 17.6. The van der Waals surface area contributed by atoms with Gasteiger partial charge in [0.1, 0.15) is 6.10 Å². The van der Waals surface area contributed by atoms with E-state index in [-0.39, 0.29) is 11.2 Å². The van der Waals surface area contributed by atoms with Crippen LogP contribution in [0.4, 0.5) is 17.1 Å². The van der Waals surface area contributed by atoms with Gasteiger partial charge in [0.2, 0.25) is 0 Å². The van der Waals surface area contributed by atoms with E-state index in [2.05, 4.69) is 104 Å². The Bertz CT molecular complexity index is 2180. The lowest BCUT2D eigenvalue weighted by Gasteiger charge is -2.43. The number of Topliss-reactive ketones (excluding diaryl/α,β-unsaturated/α-hetero) is 1. The summed E-state index contributed by atoms with van der Waals surface area (Å²) in [6, 6.07) is 40.0. The number of hydrogen-bond acceptors (Lipinski definition) is 4. The zero-order chi connectivity index (χ0) is 30.2. The number of hydrogen-bond donors (Lipinski definition) is 1. The highest BCUT2D eigenvalue weighted by molar-refractivity contribution is 7.98. The predicted octanol–water partition coefficient (Wildman–Crippen LogP) is 10.1. The van der Waals surface area contributed by atoms with Gasteiger partial charge in [-0.2, -0.15) is 0 Å². The van der Waals surface area contributed by atoms with Gasteiger partial charge in [0.25, 0.3) is 0 Å². The van der Waals surface area contributed by atoms with Gasteiger partial charge in [0, 0.05) is 27.1 Å². The van der Waals surface area contributed by atoms with Crippen molar-refractivity contribution >= 4 is 62.2 Å². The maximum atomic E-state index is 13.5. The predicted molar refractivity (Wildman–Crippen MR) is 184 cm³/mol. The molecule has 0 saturated carbocycles. The first-order valence-electron chi connectivity index (χ1n) is 14.9. The summed E-state index contributed by atoms with van der Waals surface area (Å²) in [5.41, 5.74) is 8.42. The summed E-state index contributed by atoms with van der Waals surface area (Å²) >= 11 is 1.76. The Morgan fingerprint density at radius 2 is 1.50 bits per heavy atom. The number of carbonyl (C=O) groups is 1. The summed E-state index contributed by atoms with van der Waals surface area (Å²) < 4.78 is 0. The molecule has 2 aliphatic rings. The van der Waals surface area contributed by atoms with Crippen LogP contribution in [0.25, 0.3) is 27.6 Å². The van der Waals surface area contributed by atoms with Crippen molar-refractivity contribution in [1.82, 2.24) is 0 Å². The molecule has 44 heavy (non-hydrogen) atoms. The van der Waals surface area contributed by atoms with Crippen LogP contribution >= 0.6 is 11.8 Å². The molecule has 214 valence electrons. The van der Waals surface area contributed by atoms with Crippen LogP contribution in [0, 0.1) is 0 Å². The van der Waals surface area contributed by atoms with Crippen LogP contribution in [0.1, 0.15) is 52.6 Å². The lowest BCUT2D eigenvalue weighted by Crippen LogP contribution is -2.31. The highest BCUT2D eigenvalue weighted by atomic mass is 32.2. The highest BCUT2D eigenvalue weighted by Gasteiger charge is 2.38. The molecule has 3 nitrogen and oxygen atoms in total. The van der Waals surface area contributed by atoms with Crippen LogP contribution < -0.4 is 4.90 Å². The number of benzene rings is 6. The minimum Gasteiger partial charge on any atom is -0.383 e. The van der Waals surface area contributed by atoms with Gasteiger partial charge in [-0.15, -0.1) is 11.8 Å². The van der Waals surface area contributed by atoms with Crippen molar-refractivity contribution in [2.45, 2.75) is 30.3 Å². The second-order valence-electron chi connectivity index (χ2n) is 12.2. The molecule has 0 amide bonds. The molecule has 1 heterocycles. The average Bonchev–Trinajstić information content (AvgIpc) is 3.27. The maximum absolute atomic E-state index is 13.5. The molecule has 4 heteroatoms. The molecule has 6 aromatic carbocycles. The van der Waals surface area contributed by atoms with Crippen LogP contribution in [-0.2, 0) is 5.41 Å². The molecular formula is C40H31NO2S. The number of ketones is 1. The zero-order valence-electron chi connectivity index (χ0n) is 24.8. The number of aliphatic hydroxyl groups is 1. The van der Waals surface area contributed by atoms with E-state index in [9.17, 15) is 9.90 Å². The third kappa shape index (κ3) is 3.98. The second kappa shape index (κ2) is 9.95. The van der Waals surface area contributed by atoms with Crippen molar-refractivity contribution < 1.29 is 9.90 Å². The van der Waals surface area contributed by atoms with Crippen LogP contribution in [0.5, 0.6) is 0 Å². The minimum atomic E-state index is -0.943. The number of carbonyl (C=O) groups excluding carboxylic acids is 1. The Balaban J connectivity index is 1.27. The number of rotatable bonds is 3. The van der Waals surface area contributed by atoms with Gasteiger partial charge in [0.15, 0.2) is 5.78 Å². The van der Waals surface area contributed by atoms with Crippen molar-refractivity contribution in [3.63, 3.8) is 0 Å². The molecule has 0 saturated heterocycles. The number of nitrogens with zero attached hydrogens (tertiary/aromatic N) is 1. The molecule has 1 aliphatic heterocycles. The van der Waals surface area contributed by atoms with Crippen LogP contribution in [0.3, 0.4) is 0 Å². The van der Waals surface area contributed by atoms with Gasteiger partial charge < -0.3 is 10.0 Å². The third-order valence-corrected chi connectivity index (χ3v) is 10.1. The van der Waals surface area contributed by atoms with E-state index in [0.717, 1.165) is 27.4 Å². The molecule has 0 radical (unpaired) electrons. The number of thioether (sulfide) groups is 1. The zero-order valence-corrected chi connectivity index (χ0v) is 25.7.